The van der Waals surface area contributed by atoms with Gasteiger partial charge in [-0.2, -0.15) is 0 Å². The molecule has 0 spiro atoms. The summed E-state index contributed by atoms with van der Waals surface area (Å²) in [6.45, 7) is 8.24. The van der Waals surface area contributed by atoms with Gasteiger partial charge in [0, 0.05) is 37.6 Å². The molecule has 0 aromatic carbocycles. The molecule has 0 bridgehead atoms. The zero-order chi connectivity index (χ0) is 13.5. The summed E-state index contributed by atoms with van der Waals surface area (Å²) < 4.78 is 0. The fourth-order valence-corrected chi connectivity index (χ4v) is 3.05. The number of carbonyl (C=O) groups is 1. The molecule has 0 aliphatic carbocycles. The van der Waals surface area contributed by atoms with Crippen molar-refractivity contribution in [2.45, 2.75) is 19.3 Å². The van der Waals surface area contributed by atoms with Crippen LogP contribution in [0, 0.1) is 0 Å². The molecule has 0 saturated carbocycles. The van der Waals surface area contributed by atoms with Crippen molar-refractivity contribution < 1.29 is 4.79 Å². The standard InChI is InChI=1S/C14H23N3OS.ClH/c1-12(13-4-2-11-19-13)14(18)16-5-3-8-17-9-6-15-7-10-17;/h2,4,11-12,15H,3,5-10H2,1H3,(H,16,18);1H. The smallest absolute Gasteiger partial charge is 0.228 e. The fourth-order valence-electron chi connectivity index (χ4n) is 2.27. The van der Waals surface area contributed by atoms with Gasteiger partial charge in [0.2, 0.25) is 5.91 Å². The van der Waals surface area contributed by atoms with Crippen molar-refractivity contribution in [1.82, 2.24) is 15.5 Å². The number of nitrogens with zero attached hydrogens (tertiary/aromatic N) is 1. The first-order chi connectivity index (χ1) is 9.27. The van der Waals surface area contributed by atoms with Crippen LogP contribution in [0.5, 0.6) is 0 Å². The minimum absolute atomic E-state index is 0. The number of hydrogen-bond donors (Lipinski definition) is 2. The van der Waals surface area contributed by atoms with Gasteiger partial charge in [-0.3, -0.25) is 4.79 Å². The summed E-state index contributed by atoms with van der Waals surface area (Å²) in [5.41, 5.74) is 0. The Morgan fingerprint density at radius 1 is 1.50 bits per heavy atom. The molecule has 20 heavy (non-hydrogen) atoms. The Balaban J connectivity index is 0.00000200. The van der Waals surface area contributed by atoms with Crippen LogP contribution in [-0.4, -0.2) is 50.1 Å². The number of hydrogen-bond acceptors (Lipinski definition) is 4. The van der Waals surface area contributed by atoms with Crippen LogP contribution < -0.4 is 10.6 Å². The van der Waals surface area contributed by atoms with Crippen LogP contribution in [0.4, 0.5) is 0 Å². The predicted octanol–water partition coefficient (Wildman–Crippen LogP) is 1.68. The lowest BCUT2D eigenvalue weighted by Gasteiger charge is -2.27. The molecule has 1 aliphatic rings. The summed E-state index contributed by atoms with van der Waals surface area (Å²) in [7, 11) is 0. The minimum Gasteiger partial charge on any atom is -0.356 e. The van der Waals surface area contributed by atoms with E-state index in [4.69, 9.17) is 0 Å². The van der Waals surface area contributed by atoms with Crippen LogP contribution in [-0.2, 0) is 4.79 Å². The molecule has 1 fully saturated rings. The maximum absolute atomic E-state index is 12.0. The molecule has 2 N–H and O–H groups in total. The van der Waals surface area contributed by atoms with E-state index in [1.54, 1.807) is 11.3 Å². The van der Waals surface area contributed by atoms with Crippen molar-refractivity contribution >= 4 is 29.7 Å². The van der Waals surface area contributed by atoms with Crippen LogP contribution in [0.1, 0.15) is 24.1 Å². The second kappa shape index (κ2) is 9.34. The summed E-state index contributed by atoms with van der Waals surface area (Å²) in [5, 5.41) is 8.40. The number of carbonyl (C=O) groups excluding carboxylic acids is 1. The van der Waals surface area contributed by atoms with Gasteiger partial charge >= 0.3 is 0 Å². The highest BCUT2D eigenvalue weighted by Gasteiger charge is 2.15. The predicted molar refractivity (Wildman–Crippen MR) is 86.9 cm³/mol. The summed E-state index contributed by atoms with van der Waals surface area (Å²) in [4.78, 5) is 15.6. The second-order valence-electron chi connectivity index (χ2n) is 4.97. The third kappa shape index (κ3) is 5.40. The Morgan fingerprint density at radius 3 is 2.90 bits per heavy atom. The number of thiophene rings is 1. The highest BCUT2D eigenvalue weighted by Crippen LogP contribution is 2.20. The van der Waals surface area contributed by atoms with Crippen molar-refractivity contribution in [2.75, 3.05) is 39.3 Å². The Bertz CT molecular complexity index is 380. The molecule has 1 atom stereocenters. The average Bonchev–Trinajstić information content (AvgIpc) is 2.98. The lowest BCUT2D eigenvalue weighted by Crippen LogP contribution is -2.44. The van der Waals surface area contributed by atoms with E-state index >= 15 is 0 Å². The van der Waals surface area contributed by atoms with Crippen molar-refractivity contribution in [3.05, 3.63) is 22.4 Å². The van der Waals surface area contributed by atoms with Crippen molar-refractivity contribution in [3.8, 4) is 0 Å². The van der Waals surface area contributed by atoms with Gasteiger partial charge in [-0.15, -0.1) is 23.7 Å². The third-order valence-corrected chi connectivity index (χ3v) is 4.58. The molecule has 1 unspecified atom stereocenters. The molecule has 0 radical (unpaired) electrons. The first-order valence-electron chi connectivity index (χ1n) is 7.01. The van der Waals surface area contributed by atoms with Crippen LogP contribution in [0.3, 0.4) is 0 Å². The molecule has 4 nitrogen and oxygen atoms in total. The average molecular weight is 318 g/mol. The molecule has 114 valence electrons. The Hall–Kier alpha value is -0.620. The normalized spacial score (nSPS) is 17.2. The maximum atomic E-state index is 12.0. The van der Waals surface area contributed by atoms with Crippen LogP contribution in [0.2, 0.25) is 0 Å². The molecule has 2 rings (SSSR count). The molecule has 1 aromatic rings. The largest absolute Gasteiger partial charge is 0.356 e. The van der Waals surface area contributed by atoms with Crippen LogP contribution >= 0.6 is 23.7 Å². The van der Waals surface area contributed by atoms with E-state index in [0.717, 1.165) is 50.6 Å². The van der Waals surface area contributed by atoms with Gasteiger partial charge in [0.15, 0.2) is 0 Å². The van der Waals surface area contributed by atoms with Crippen molar-refractivity contribution in [2.24, 2.45) is 0 Å². The lowest BCUT2D eigenvalue weighted by atomic mass is 10.1. The first kappa shape index (κ1) is 17.4. The van der Waals surface area contributed by atoms with E-state index < -0.39 is 0 Å². The highest BCUT2D eigenvalue weighted by molar-refractivity contribution is 7.10. The van der Waals surface area contributed by atoms with Gasteiger partial charge in [-0.05, 0) is 31.3 Å². The molecular formula is C14H24ClN3OS. The Kier molecular flexibility index (Phi) is 8.14. The van der Waals surface area contributed by atoms with Gasteiger partial charge in [0.25, 0.3) is 0 Å². The van der Waals surface area contributed by atoms with E-state index in [9.17, 15) is 4.79 Å². The van der Waals surface area contributed by atoms with Crippen molar-refractivity contribution in [1.29, 1.82) is 0 Å². The van der Waals surface area contributed by atoms with E-state index in [1.165, 1.54) is 0 Å². The van der Waals surface area contributed by atoms with Crippen LogP contribution in [0.15, 0.2) is 17.5 Å². The third-order valence-electron chi connectivity index (χ3n) is 3.52. The summed E-state index contributed by atoms with van der Waals surface area (Å²) >= 11 is 1.65. The molecule has 6 heteroatoms. The number of nitrogens with one attached hydrogen (secondary N) is 2. The fraction of sp³-hybridized carbons (Fsp3) is 0.643. The molecule has 1 aromatic heterocycles. The van der Waals surface area contributed by atoms with Gasteiger partial charge < -0.3 is 15.5 Å². The minimum atomic E-state index is -0.0285. The lowest BCUT2D eigenvalue weighted by molar-refractivity contribution is -0.122. The molecule has 1 saturated heterocycles. The summed E-state index contributed by atoms with van der Waals surface area (Å²) in [6, 6.07) is 4.02. The van der Waals surface area contributed by atoms with E-state index in [2.05, 4.69) is 15.5 Å². The quantitative estimate of drug-likeness (QED) is 0.785. The zero-order valence-electron chi connectivity index (χ0n) is 11.9. The zero-order valence-corrected chi connectivity index (χ0v) is 13.6. The SMILES string of the molecule is CC(C(=O)NCCCN1CCNCC1)c1cccs1.Cl. The molecule has 2 heterocycles. The van der Waals surface area contributed by atoms with Crippen LogP contribution in [0.25, 0.3) is 0 Å². The Morgan fingerprint density at radius 2 is 2.25 bits per heavy atom. The Labute approximate surface area is 131 Å². The number of amides is 1. The van der Waals surface area contributed by atoms with Gasteiger partial charge in [-0.1, -0.05) is 6.07 Å². The second-order valence-corrected chi connectivity index (χ2v) is 5.95. The molecule has 1 aliphatic heterocycles. The summed E-state index contributed by atoms with van der Waals surface area (Å²) in [6.07, 6.45) is 1.03. The topological polar surface area (TPSA) is 44.4 Å². The molecule has 1 amide bonds. The number of piperazine rings is 1. The molecular weight excluding hydrogens is 294 g/mol. The van der Waals surface area contributed by atoms with E-state index in [-0.39, 0.29) is 24.2 Å². The summed E-state index contributed by atoms with van der Waals surface area (Å²) in [5.74, 6) is 0.113. The number of rotatable bonds is 6. The van der Waals surface area contributed by atoms with Gasteiger partial charge in [0.05, 0.1) is 5.92 Å². The van der Waals surface area contributed by atoms with Crippen molar-refractivity contribution in [3.63, 3.8) is 0 Å². The van der Waals surface area contributed by atoms with Gasteiger partial charge in [-0.25, -0.2) is 0 Å². The van der Waals surface area contributed by atoms with Gasteiger partial charge in [0.1, 0.15) is 0 Å². The van der Waals surface area contributed by atoms with E-state index in [0.29, 0.717) is 0 Å². The monoisotopic (exact) mass is 317 g/mol. The maximum Gasteiger partial charge on any atom is 0.228 e. The first-order valence-corrected chi connectivity index (χ1v) is 7.89. The van der Waals surface area contributed by atoms with E-state index in [1.807, 2.05) is 24.4 Å². The number of halogens is 1. The highest BCUT2D eigenvalue weighted by atomic mass is 35.5.